The Balaban J connectivity index is 3.06. The molecule has 0 bridgehead atoms. The van der Waals surface area contributed by atoms with E-state index in [2.05, 4.69) is 35.5 Å². The Hall–Kier alpha value is -0.785. The van der Waals surface area contributed by atoms with Crippen LogP contribution in [0, 0.1) is 5.82 Å². The molecule has 0 radical (unpaired) electrons. The fraction of sp³-hybridized carbons (Fsp3) is 0.538. The van der Waals surface area contributed by atoms with Crippen LogP contribution < -0.4 is 0 Å². The second-order valence-electron chi connectivity index (χ2n) is 5.65. The van der Waals surface area contributed by atoms with Gasteiger partial charge in [0.2, 0.25) is 0 Å². The first kappa shape index (κ1) is 12.3. The van der Waals surface area contributed by atoms with E-state index in [0.29, 0.717) is 5.82 Å². The van der Waals surface area contributed by atoms with Crippen molar-refractivity contribution in [2.45, 2.75) is 45.3 Å². The molecular formula is C13H20BF. The van der Waals surface area contributed by atoms with Crippen molar-refractivity contribution in [3.05, 3.63) is 35.1 Å². The van der Waals surface area contributed by atoms with Crippen LogP contribution in [0.5, 0.6) is 0 Å². The van der Waals surface area contributed by atoms with Gasteiger partial charge in [-0.2, -0.15) is 0 Å². The molecule has 0 saturated carbocycles. The minimum absolute atomic E-state index is 0.0725. The van der Waals surface area contributed by atoms with Gasteiger partial charge in [-0.05, 0) is 29.0 Å². The Morgan fingerprint density at radius 1 is 1.33 bits per heavy atom. The van der Waals surface area contributed by atoms with E-state index >= 15 is 0 Å². The number of rotatable bonds is 2. The summed E-state index contributed by atoms with van der Waals surface area (Å²) in [7, 11) is 2.11. The predicted molar refractivity (Wildman–Crippen MR) is 66.8 cm³/mol. The first-order chi connectivity index (χ1) is 6.80. The predicted octanol–water partition coefficient (Wildman–Crippen LogP) is 3.11. The molecule has 1 unspecified atom stereocenters. The molecule has 0 spiro atoms. The quantitative estimate of drug-likeness (QED) is 0.652. The topological polar surface area (TPSA) is 0 Å². The highest BCUT2D eigenvalue weighted by Crippen LogP contribution is 2.25. The molecule has 0 nitrogen and oxygen atoms in total. The lowest BCUT2D eigenvalue weighted by molar-refractivity contribution is 0.575. The Bertz CT molecular complexity index is 337. The number of hydrogen-bond acceptors (Lipinski definition) is 0. The summed E-state index contributed by atoms with van der Waals surface area (Å²) in [5.41, 5.74) is 2.15. The average molecular weight is 206 g/mol. The first-order valence-corrected chi connectivity index (χ1v) is 5.59. The van der Waals surface area contributed by atoms with E-state index in [4.69, 9.17) is 0 Å². The lowest BCUT2D eigenvalue weighted by Crippen LogP contribution is -2.12. The third kappa shape index (κ3) is 3.37. The number of halogens is 1. The van der Waals surface area contributed by atoms with Crippen LogP contribution in [-0.4, -0.2) is 7.85 Å². The molecule has 1 rings (SSSR count). The van der Waals surface area contributed by atoms with Crippen molar-refractivity contribution in [3.8, 4) is 0 Å². The highest BCUT2D eigenvalue weighted by atomic mass is 19.1. The lowest BCUT2D eigenvalue weighted by Gasteiger charge is -2.20. The fourth-order valence-corrected chi connectivity index (χ4v) is 1.64. The van der Waals surface area contributed by atoms with Crippen LogP contribution in [0.15, 0.2) is 18.2 Å². The summed E-state index contributed by atoms with van der Waals surface area (Å²) in [4.78, 5) is 0. The minimum atomic E-state index is -0.0725. The highest BCUT2D eigenvalue weighted by Gasteiger charge is 2.15. The zero-order chi connectivity index (χ0) is 11.6. The smallest absolute Gasteiger partial charge is 0.126 e. The third-order valence-corrected chi connectivity index (χ3v) is 2.54. The Morgan fingerprint density at radius 3 is 2.40 bits per heavy atom. The van der Waals surface area contributed by atoms with Crippen molar-refractivity contribution in [1.29, 1.82) is 0 Å². The van der Waals surface area contributed by atoms with Crippen molar-refractivity contribution in [1.82, 2.24) is 0 Å². The second-order valence-corrected chi connectivity index (χ2v) is 5.65. The maximum Gasteiger partial charge on any atom is 0.126 e. The summed E-state index contributed by atoms with van der Waals surface area (Å²) in [6.07, 6.45) is 0.815. The third-order valence-electron chi connectivity index (χ3n) is 2.54. The summed E-state index contributed by atoms with van der Waals surface area (Å²) in [6, 6.07) is 5.49. The molecule has 0 fully saturated rings. The first-order valence-electron chi connectivity index (χ1n) is 5.59. The zero-order valence-corrected chi connectivity index (χ0v) is 10.4. The Morgan fingerprint density at radius 2 is 1.93 bits per heavy atom. The summed E-state index contributed by atoms with van der Waals surface area (Å²) in [5.74, 6) is 0.423. The van der Waals surface area contributed by atoms with Crippen molar-refractivity contribution >= 4 is 7.85 Å². The van der Waals surface area contributed by atoms with Crippen molar-refractivity contribution in [3.63, 3.8) is 0 Å². The molecule has 15 heavy (non-hydrogen) atoms. The molecule has 0 aromatic heterocycles. The molecule has 0 N–H and O–H groups in total. The van der Waals surface area contributed by atoms with Crippen molar-refractivity contribution in [2.75, 3.05) is 0 Å². The van der Waals surface area contributed by atoms with Gasteiger partial charge >= 0.3 is 0 Å². The van der Waals surface area contributed by atoms with Gasteiger partial charge < -0.3 is 0 Å². The SMILES string of the molecule is BC(C)Cc1cc(C(C)(C)C)ccc1F. The molecule has 1 atom stereocenters. The van der Waals surface area contributed by atoms with Crippen molar-refractivity contribution in [2.24, 2.45) is 0 Å². The van der Waals surface area contributed by atoms with Crippen LogP contribution in [0.25, 0.3) is 0 Å². The molecule has 0 aliphatic rings. The monoisotopic (exact) mass is 206 g/mol. The lowest BCUT2D eigenvalue weighted by atomic mass is 9.81. The molecule has 1 aromatic carbocycles. The van der Waals surface area contributed by atoms with Crippen LogP contribution in [-0.2, 0) is 11.8 Å². The van der Waals surface area contributed by atoms with E-state index in [-0.39, 0.29) is 11.2 Å². The van der Waals surface area contributed by atoms with Crippen LogP contribution in [0.4, 0.5) is 4.39 Å². The van der Waals surface area contributed by atoms with Crippen LogP contribution in [0.1, 0.15) is 38.8 Å². The van der Waals surface area contributed by atoms with Gasteiger partial charge in [0.05, 0.1) is 0 Å². The summed E-state index contributed by atoms with van der Waals surface area (Å²) in [6.45, 7) is 8.57. The zero-order valence-electron chi connectivity index (χ0n) is 10.4. The molecule has 0 heterocycles. The van der Waals surface area contributed by atoms with Crippen molar-refractivity contribution < 1.29 is 4.39 Å². The van der Waals surface area contributed by atoms with Gasteiger partial charge in [0, 0.05) is 0 Å². The van der Waals surface area contributed by atoms with E-state index in [1.807, 2.05) is 12.1 Å². The van der Waals surface area contributed by atoms with Gasteiger partial charge in [0.25, 0.3) is 0 Å². The Labute approximate surface area is 93.3 Å². The van der Waals surface area contributed by atoms with Crippen LogP contribution in [0.3, 0.4) is 0 Å². The largest absolute Gasteiger partial charge is 0.207 e. The Kier molecular flexibility index (Phi) is 3.59. The van der Waals surface area contributed by atoms with Gasteiger partial charge in [-0.3, -0.25) is 0 Å². The van der Waals surface area contributed by atoms with Gasteiger partial charge in [0.1, 0.15) is 13.7 Å². The minimum Gasteiger partial charge on any atom is -0.207 e. The average Bonchev–Trinajstić information content (AvgIpc) is 2.06. The fourth-order valence-electron chi connectivity index (χ4n) is 1.64. The summed E-state index contributed by atoms with van der Waals surface area (Å²) >= 11 is 0. The molecular weight excluding hydrogens is 186 g/mol. The molecule has 0 amide bonds. The van der Waals surface area contributed by atoms with E-state index in [1.165, 1.54) is 5.56 Å². The maximum atomic E-state index is 13.5. The van der Waals surface area contributed by atoms with Gasteiger partial charge in [0.15, 0.2) is 0 Å². The normalized spacial score (nSPS) is 13.9. The molecule has 82 valence electrons. The summed E-state index contributed by atoms with van der Waals surface area (Å²) in [5, 5.41) is 0. The van der Waals surface area contributed by atoms with E-state index < -0.39 is 0 Å². The molecule has 2 heteroatoms. The molecule has 1 aromatic rings. The summed E-state index contributed by atoms with van der Waals surface area (Å²) < 4.78 is 13.5. The maximum absolute atomic E-state index is 13.5. The number of benzene rings is 1. The molecule has 0 aliphatic carbocycles. The van der Waals surface area contributed by atoms with Gasteiger partial charge in [-0.25, -0.2) is 4.39 Å². The van der Waals surface area contributed by atoms with E-state index in [0.717, 1.165) is 12.0 Å². The number of hydrogen-bond donors (Lipinski definition) is 0. The van der Waals surface area contributed by atoms with E-state index in [9.17, 15) is 4.39 Å². The highest BCUT2D eigenvalue weighted by molar-refractivity contribution is 6.11. The molecule has 0 aliphatic heterocycles. The standard InChI is InChI=1S/C13H20BF/c1-9(14)7-10-8-11(13(2,3)4)5-6-12(10)15/h5-6,8-9H,7,14H2,1-4H3. The molecule has 0 saturated heterocycles. The van der Waals surface area contributed by atoms with E-state index in [1.54, 1.807) is 6.07 Å². The second kappa shape index (κ2) is 4.38. The van der Waals surface area contributed by atoms with Gasteiger partial charge in [-0.15, -0.1) is 0 Å². The van der Waals surface area contributed by atoms with Crippen LogP contribution in [0.2, 0.25) is 5.82 Å². The van der Waals surface area contributed by atoms with Gasteiger partial charge in [-0.1, -0.05) is 45.6 Å². The van der Waals surface area contributed by atoms with Crippen LogP contribution >= 0.6 is 0 Å².